The molecule has 2 aromatic carbocycles. The van der Waals surface area contributed by atoms with Crippen molar-refractivity contribution in [1.82, 2.24) is 5.32 Å². The van der Waals surface area contributed by atoms with Gasteiger partial charge in [0, 0.05) is 11.1 Å². The van der Waals surface area contributed by atoms with Crippen LogP contribution >= 0.6 is 0 Å². The lowest BCUT2D eigenvalue weighted by Gasteiger charge is -2.18. The van der Waals surface area contributed by atoms with Crippen LogP contribution in [0.25, 0.3) is 0 Å². The number of ether oxygens (including phenoxy) is 2. The highest BCUT2D eigenvalue weighted by atomic mass is 16.5. The number of hydrogen-bond acceptors (Lipinski definition) is 4. The molecule has 5 nitrogen and oxygen atoms in total. The minimum atomic E-state index is -0.230. The molecule has 1 N–H and O–H groups in total. The second-order valence-corrected chi connectivity index (χ2v) is 5.90. The molecule has 0 spiro atoms. The molecule has 132 valence electrons. The number of aryl methyl sites for hydroxylation is 1. The molecule has 0 bridgehead atoms. The number of carbonyl (C=O) groups excluding carboxylic acids is 2. The van der Waals surface area contributed by atoms with Gasteiger partial charge in [0.15, 0.2) is 12.4 Å². The quantitative estimate of drug-likeness (QED) is 0.783. The smallest absolute Gasteiger partial charge is 0.258 e. The first-order valence-corrected chi connectivity index (χ1v) is 8.08. The van der Waals surface area contributed by atoms with Gasteiger partial charge in [0.1, 0.15) is 11.5 Å². The van der Waals surface area contributed by atoms with Crippen molar-refractivity contribution < 1.29 is 19.1 Å². The standard InChI is InChI=1S/C20H23NO4/c1-13-5-10-19(24-4)18(11-13)14(2)21-20(23)12-25-17-8-6-16(7-9-17)15(3)22/h5-11,14H,12H2,1-4H3,(H,21,23). The van der Waals surface area contributed by atoms with Crippen molar-refractivity contribution in [2.24, 2.45) is 0 Å². The maximum absolute atomic E-state index is 12.1. The van der Waals surface area contributed by atoms with Gasteiger partial charge in [-0.2, -0.15) is 0 Å². The Hall–Kier alpha value is -2.82. The number of methoxy groups -OCH3 is 1. The number of benzene rings is 2. The lowest BCUT2D eigenvalue weighted by Crippen LogP contribution is -2.31. The molecule has 1 unspecified atom stereocenters. The normalized spacial score (nSPS) is 11.5. The summed E-state index contributed by atoms with van der Waals surface area (Å²) in [6.07, 6.45) is 0. The number of carbonyl (C=O) groups is 2. The summed E-state index contributed by atoms with van der Waals surface area (Å²) in [4.78, 5) is 23.4. The van der Waals surface area contributed by atoms with E-state index in [1.807, 2.05) is 32.0 Å². The summed E-state index contributed by atoms with van der Waals surface area (Å²) in [5.41, 5.74) is 2.62. The summed E-state index contributed by atoms with van der Waals surface area (Å²) in [5, 5.41) is 2.90. The van der Waals surface area contributed by atoms with Crippen molar-refractivity contribution in [2.45, 2.75) is 26.8 Å². The van der Waals surface area contributed by atoms with Crippen LogP contribution in [0.2, 0.25) is 0 Å². The summed E-state index contributed by atoms with van der Waals surface area (Å²) < 4.78 is 10.8. The number of rotatable bonds is 7. The third-order valence-corrected chi connectivity index (χ3v) is 3.86. The van der Waals surface area contributed by atoms with Crippen LogP contribution in [-0.4, -0.2) is 25.4 Å². The van der Waals surface area contributed by atoms with Gasteiger partial charge in [-0.15, -0.1) is 0 Å². The van der Waals surface area contributed by atoms with Gasteiger partial charge in [0.25, 0.3) is 5.91 Å². The number of nitrogens with one attached hydrogen (secondary N) is 1. The van der Waals surface area contributed by atoms with Gasteiger partial charge < -0.3 is 14.8 Å². The molecule has 0 radical (unpaired) electrons. The van der Waals surface area contributed by atoms with Crippen LogP contribution in [0.1, 0.15) is 41.4 Å². The van der Waals surface area contributed by atoms with Crippen LogP contribution in [0.4, 0.5) is 0 Å². The van der Waals surface area contributed by atoms with Crippen molar-refractivity contribution in [3.63, 3.8) is 0 Å². The van der Waals surface area contributed by atoms with Crippen molar-refractivity contribution >= 4 is 11.7 Å². The molecular weight excluding hydrogens is 318 g/mol. The monoisotopic (exact) mass is 341 g/mol. The predicted molar refractivity (Wildman–Crippen MR) is 96.2 cm³/mol. The Morgan fingerprint density at radius 2 is 1.80 bits per heavy atom. The molecule has 0 heterocycles. The minimum absolute atomic E-state index is 0.00906. The molecule has 2 rings (SSSR count). The fraction of sp³-hybridized carbons (Fsp3) is 0.300. The minimum Gasteiger partial charge on any atom is -0.496 e. The van der Waals surface area contributed by atoms with Gasteiger partial charge in [-0.05, 0) is 51.1 Å². The van der Waals surface area contributed by atoms with E-state index in [2.05, 4.69) is 5.32 Å². The highest BCUT2D eigenvalue weighted by molar-refractivity contribution is 5.94. The maximum atomic E-state index is 12.1. The summed E-state index contributed by atoms with van der Waals surface area (Å²) in [6.45, 7) is 5.30. The zero-order chi connectivity index (χ0) is 18.4. The van der Waals surface area contributed by atoms with Gasteiger partial charge in [0.05, 0.1) is 13.2 Å². The largest absolute Gasteiger partial charge is 0.496 e. The molecule has 1 atom stereocenters. The molecule has 0 fully saturated rings. The van der Waals surface area contributed by atoms with Gasteiger partial charge in [-0.3, -0.25) is 9.59 Å². The van der Waals surface area contributed by atoms with Crippen LogP contribution in [0.5, 0.6) is 11.5 Å². The summed E-state index contributed by atoms with van der Waals surface area (Å²) in [5.74, 6) is 1.04. The van der Waals surface area contributed by atoms with E-state index in [4.69, 9.17) is 9.47 Å². The van der Waals surface area contributed by atoms with Crippen molar-refractivity contribution in [1.29, 1.82) is 0 Å². The first-order valence-electron chi connectivity index (χ1n) is 8.08. The van der Waals surface area contributed by atoms with Crippen LogP contribution in [0.3, 0.4) is 0 Å². The van der Waals surface area contributed by atoms with Crippen LogP contribution in [-0.2, 0) is 4.79 Å². The second-order valence-electron chi connectivity index (χ2n) is 5.90. The van der Waals surface area contributed by atoms with Crippen molar-refractivity contribution in [2.75, 3.05) is 13.7 Å². The average molecular weight is 341 g/mol. The van der Waals surface area contributed by atoms with E-state index in [1.165, 1.54) is 6.92 Å². The van der Waals surface area contributed by atoms with E-state index in [0.29, 0.717) is 11.3 Å². The molecule has 0 saturated heterocycles. The second kappa shape index (κ2) is 8.33. The van der Waals surface area contributed by atoms with Crippen molar-refractivity contribution in [3.8, 4) is 11.5 Å². The number of ketones is 1. The Kier molecular flexibility index (Phi) is 6.17. The highest BCUT2D eigenvalue weighted by Gasteiger charge is 2.14. The first kappa shape index (κ1) is 18.5. The lowest BCUT2D eigenvalue weighted by molar-refractivity contribution is -0.123. The third-order valence-electron chi connectivity index (χ3n) is 3.86. The van der Waals surface area contributed by atoms with E-state index in [-0.39, 0.29) is 24.3 Å². The zero-order valence-corrected chi connectivity index (χ0v) is 15.0. The molecule has 0 aliphatic heterocycles. The average Bonchev–Trinajstić information content (AvgIpc) is 2.60. The Morgan fingerprint density at radius 1 is 1.12 bits per heavy atom. The fourth-order valence-electron chi connectivity index (χ4n) is 2.49. The predicted octanol–water partition coefficient (Wildman–Crippen LogP) is 3.46. The Morgan fingerprint density at radius 3 is 2.40 bits per heavy atom. The van der Waals surface area contributed by atoms with Crippen LogP contribution < -0.4 is 14.8 Å². The zero-order valence-electron chi connectivity index (χ0n) is 15.0. The van der Waals surface area contributed by atoms with E-state index >= 15 is 0 Å². The van der Waals surface area contributed by atoms with E-state index in [1.54, 1.807) is 31.4 Å². The molecule has 1 amide bonds. The Labute approximate surface area is 148 Å². The van der Waals surface area contributed by atoms with E-state index in [0.717, 1.165) is 16.9 Å². The van der Waals surface area contributed by atoms with Crippen molar-refractivity contribution in [3.05, 3.63) is 59.2 Å². The van der Waals surface area contributed by atoms with E-state index in [9.17, 15) is 9.59 Å². The highest BCUT2D eigenvalue weighted by Crippen LogP contribution is 2.26. The SMILES string of the molecule is COc1ccc(C)cc1C(C)NC(=O)COc1ccc(C(C)=O)cc1. The van der Waals surface area contributed by atoms with Crippen LogP contribution in [0.15, 0.2) is 42.5 Å². The topological polar surface area (TPSA) is 64.6 Å². The lowest BCUT2D eigenvalue weighted by atomic mass is 10.0. The van der Waals surface area contributed by atoms with Gasteiger partial charge in [-0.25, -0.2) is 0 Å². The summed E-state index contributed by atoms with van der Waals surface area (Å²) in [6, 6.07) is 12.3. The molecule has 0 aromatic heterocycles. The summed E-state index contributed by atoms with van der Waals surface area (Å²) in [7, 11) is 1.61. The van der Waals surface area contributed by atoms with Gasteiger partial charge in [0.2, 0.25) is 0 Å². The number of Topliss-reactive ketones (excluding diaryl/α,β-unsaturated/α-hetero) is 1. The van der Waals surface area contributed by atoms with E-state index < -0.39 is 0 Å². The first-order chi connectivity index (χ1) is 11.9. The number of amides is 1. The molecule has 5 heteroatoms. The Bertz CT molecular complexity index is 753. The van der Waals surface area contributed by atoms with Gasteiger partial charge in [-0.1, -0.05) is 17.7 Å². The fourth-order valence-corrected chi connectivity index (χ4v) is 2.49. The van der Waals surface area contributed by atoms with Gasteiger partial charge >= 0.3 is 0 Å². The maximum Gasteiger partial charge on any atom is 0.258 e. The Balaban J connectivity index is 1.93. The molecular formula is C20H23NO4. The molecule has 25 heavy (non-hydrogen) atoms. The number of hydrogen-bond donors (Lipinski definition) is 1. The molecule has 2 aromatic rings. The summed E-state index contributed by atoms with van der Waals surface area (Å²) >= 11 is 0. The van der Waals surface area contributed by atoms with Crippen LogP contribution in [0, 0.1) is 6.92 Å². The molecule has 0 aliphatic rings. The molecule has 0 saturated carbocycles. The molecule has 0 aliphatic carbocycles. The third kappa shape index (κ3) is 5.08.